The van der Waals surface area contributed by atoms with Crippen LogP contribution in [0.1, 0.15) is 12.5 Å². The van der Waals surface area contributed by atoms with E-state index in [0.717, 1.165) is 4.47 Å². The molecule has 0 aromatic carbocycles. The van der Waals surface area contributed by atoms with E-state index < -0.39 is 0 Å². The van der Waals surface area contributed by atoms with E-state index >= 15 is 0 Å². The van der Waals surface area contributed by atoms with Gasteiger partial charge in [-0.2, -0.15) is 0 Å². The van der Waals surface area contributed by atoms with Crippen LogP contribution in [0.2, 0.25) is 0 Å². The molecule has 0 atom stereocenters. The second-order valence-electron chi connectivity index (χ2n) is 3.52. The first-order valence-corrected chi connectivity index (χ1v) is 5.90. The molecular weight excluding hydrogens is 284 g/mol. The quantitative estimate of drug-likeness (QED) is 0.883. The lowest BCUT2D eigenvalue weighted by Crippen LogP contribution is -2.17. The van der Waals surface area contributed by atoms with E-state index in [4.69, 9.17) is 5.73 Å². The minimum Gasteiger partial charge on any atom is -0.383 e. The SMILES string of the molecule is CCc1c(N)nc(-c2cncc(Br)c2)[nH]c1=O. The summed E-state index contributed by atoms with van der Waals surface area (Å²) in [4.78, 5) is 22.6. The average Bonchev–Trinajstić information content (AvgIpc) is 2.28. The number of nitrogens with two attached hydrogens (primary N) is 1. The Morgan fingerprint density at radius 3 is 2.82 bits per heavy atom. The van der Waals surface area contributed by atoms with Crippen LogP contribution >= 0.6 is 15.9 Å². The third-order valence-corrected chi connectivity index (χ3v) is 2.81. The van der Waals surface area contributed by atoms with E-state index in [0.29, 0.717) is 23.4 Å². The Morgan fingerprint density at radius 1 is 1.47 bits per heavy atom. The lowest BCUT2D eigenvalue weighted by atomic mass is 10.2. The first-order valence-electron chi connectivity index (χ1n) is 5.11. The van der Waals surface area contributed by atoms with Gasteiger partial charge in [0.15, 0.2) is 0 Å². The first kappa shape index (κ1) is 11.8. The van der Waals surface area contributed by atoms with Crippen molar-refractivity contribution in [1.29, 1.82) is 0 Å². The number of nitrogen functional groups attached to an aromatic ring is 1. The molecule has 0 radical (unpaired) electrons. The molecule has 2 rings (SSSR count). The van der Waals surface area contributed by atoms with Crippen LogP contribution in [0, 0.1) is 0 Å². The molecular formula is C11H11BrN4O. The van der Waals surface area contributed by atoms with Crippen molar-refractivity contribution in [3.8, 4) is 11.4 Å². The Bertz CT molecular complexity index is 609. The molecule has 2 heterocycles. The number of pyridine rings is 1. The van der Waals surface area contributed by atoms with Crippen LogP contribution in [0.15, 0.2) is 27.7 Å². The van der Waals surface area contributed by atoms with E-state index in [9.17, 15) is 4.79 Å². The predicted molar refractivity (Wildman–Crippen MR) is 69.6 cm³/mol. The summed E-state index contributed by atoms with van der Waals surface area (Å²) in [5.41, 5.74) is 6.77. The van der Waals surface area contributed by atoms with Crippen LogP contribution in [0.4, 0.5) is 5.82 Å². The number of H-pyrrole nitrogens is 1. The first-order chi connectivity index (χ1) is 8.11. The van der Waals surface area contributed by atoms with Crippen molar-refractivity contribution in [3.63, 3.8) is 0 Å². The van der Waals surface area contributed by atoms with E-state index in [-0.39, 0.29) is 11.4 Å². The zero-order chi connectivity index (χ0) is 12.4. The van der Waals surface area contributed by atoms with Gasteiger partial charge in [0.05, 0.1) is 5.56 Å². The molecule has 0 aliphatic rings. The van der Waals surface area contributed by atoms with Crippen molar-refractivity contribution in [2.24, 2.45) is 0 Å². The Kier molecular flexibility index (Phi) is 3.23. The lowest BCUT2D eigenvalue weighted by Gasteiger charge is -2.05. The van der Waals surface area contributed by atoms with Crippen LogP contribution < -0.4 is 11.3 Å². The maximum Gasteiger partial charge on any atom is 0.256 e. The highest BCUT2D eigenvalue weighted by Crippen LogP contribution is 2.18. The zero-order valence-corrected chi connectivity index (χ0v) is 10.8. The summed E-state index contributed by atoms with van der Waals surface area (Å²) in [7, 11) is 0. The summed E-state index contributed by atoms with van der Waals surface area (Å²) in [6.07, 6.45) is 3.84. The van der Waals surface area contributed by atoms with Crippen LogP contribution in [0.5, 0.6) is 0 Å². The molecule has 0 aliphatic heterocycles. The van der Waals surface area contributed by atoms with Gasteiger partial charge in [0.1, 0.15) is 11.6 Å². The van der Waals surface area contributed by atoms with E-state index in [1.54, 1.807) is 12.4 Å². The molecule has 0 spiro atoms. The highest BCUT2D eigenvalue weighted by atomic mass is 79.9. The second-order valence-corrected chi connectivity index (χ2v) is 4.44. The van der Waals surface area contributed by atoms with Crippen molar-refractivity contribution >= 4 is 21.7 Å². The van der Waals surface area contributed by atoms with Gasteiger partial charge in [0, 0.05) is 22.4 Å². The predicted octanol–water partition coefficient (Wildman–Crippen LogP) is 1.74. The third-order valence-electron chi connectivity index (χ3n) is 2.38. The standard InChI is InChI=1S/C11H11BrN4O/c1-2-8-9(13)15-10(16-11(8)17)6-3-7(12)5-14-4-6/h3-5H,2H2,1H3,(H3,13,15,16,17). The molecule has 2 aromatic rings. The summed E-state index contributed by atoms with van der Waals surface area (Å²) in [6, 6.07) is 1.82. The fraction of sp³-hybridized carbons (Fsp3) is 0.182. The van der Waals surface area contributed by atoms with Gasteiger partial charge in [-0.25, -0.2) is 4.98 Å². The zero-order valence-electron chi connectivity index (χ0n) is 9.20. The second kappa shape index (κ2) is 4.67. The topological polar surface area (TPSA) is 84.7 Å². The molecule has 88 valence electrons. The molecule has 0 saturated carbocycles. The normalized spacial score (nSPS) is 10.5. The number of halogens is 1. The van der Waals surface area contributed by atoms with Gasteiger partial charge >= 0.3 is 0 Å². The summed E-state index contributed by atoms with van der Waals surface area (Å²) in [5, 5.41) is 0. The maximum absolute atomic E-state index is 11.7. The van der Waals surface area contributed by atoms with Crippen molar-refractivity contribution in [1.82, 2.24) is 15.0 Å². The fourth-order valence-electron chi connectivity index (χ4n) is 1.53. The Balaban J connectivity index is 2.58. The fourth-order valence-corrected chi connectivity index (χ4v) is 1.90. The Labute approximate surface area is 106 Å². The molecule has 0 bridgehead atoms. The highest BCUT2D eigenvalue weighted by molar-refractivity contribution is 9.10. The minimum atomic E-state index is -0.199. The molecule has 0 unspecified atom stereocenters. The smallest absolute Gasteiger partial charge is 0.256 e. The van der Waals surface area contributed by atoms with Gasteiger partial charge in [-0.1, -0.05) is 6.92 Å². The van der Waals surface area contributed by atoms with Crippen molar-refractivity contribution in [2.45, 2.75) is 13.3 Å². The molecule has 0 fully saturated rings. The summed E-state index contributed by atoms with van der Waals surface area (Å²) < 4.78 is 0.816. The van der Waals surface area contributed by atoms with E-state index in [1.165, 1.54) is 0 Å². The van der Waals surface area contributed by atoms with E-state index in [1.807, 2.05) is 13.0 Å². The number of aromatic amines is 1. The third kappa shape index (κ3) is 2.36. The summed E-state index contributed by atoms with van der Waals surface area (Å²) in [5.74, 6) is 0.699. The molecule has 0 aliphatic carbocycles. The average molecular weight is 295 g/mol. The number of hydrogen-bond donors (Lipinski definition) is 2. The molecule has 6 heteroatoms. The molecule has 0 saturated heterocycles. The van der Waals surface area contributed by atoms with Crippen LogP contribution in [0.25, 0.3) is 11.4 Å². The van der Waals surface area contributed by atoms with Crippen molar-refractivity contribution in [3.05, 3.63) is 38.9 Å². The summed E-state index contributed by atoms with van der Waals surface area (Å²) in [6.45, 7) is 1.86. The van der Waals surface area contributed by atoms with Crippen molar-refractivity contribution < 1.29 is 0 Å². The number of rotatable bonds is 2. The number of hydrogen-bond acceptors (Lipinski definition) is 4. The van der Waals surface area contributed by atoms with Gasteiger partial charge in [0.25, 0.3) is 5.56 Å². The molecule has 0 amide bonds. The Morgan fingerprint density at radius 2 is 2.24 bits per heavy atom. The van der Waals surface area contributed by atoms with Crippen LogP contribution in [0.3, 0.4) is 0 Å². The highest BCUT2D eigenvalue weighted by Gasteiger charge is 2.08. The van der Waals surface area contributed by atoms with Gasteiger partial charge in [-0.15, -0.1) is 0 Å². The largest absolute Gasteiger partial charge is 0.383 e. The van der Waals surface area contributed by atoms with Crippen LogP contribution in [-0.4, -0.2) is 15.0 Å². The minimum absolute atomic E-state index is 0.199. The van der Waals surface area contributed by atoms with E-state index in [2.05, 4.69) is 30.9 Å². The van der Waals surface area contributed by atoms with Crippen LogP contribution in [-0.2, 0) is 6.42 Å². The molecule has 2 aromatic heterocycles. The monoisotopic (exact) mass is 294 g/mol. The number of nitrogens with zero attached hydrogens (tertiary/aromatic N) is 2. The number of nitrogens with one attached hydrogen (secondary N) is 1. The van der Waals surface area contributed by atoms with Gasteiger partial charge < -0.3 is 10.7 Å². The van der Waals surface area contributed by atoms with Crippen molar-refractivity contribution in [2.75, 3.05) is 5.73 Å². The van der Waals surface area contributed by atoms with Gasteiger partial charge in [0.2, 0.25) is 0 Å². The molecule has 17 heavy (non-hydrogen) atoms. The summed E-state index contributed by atoms with van der Waals surface area (Å²) >= 11 is 3.31. The van der Waals surface area contributed by atoms with Gasteiger partial charge in [-0.3, -0.25) is 9.78 Å². The lowest BCUT2D eigenvalue weighted by molar-refractivity contribution is 1.02. The Hall–Kier alpha value is -1.69. The number of anilines is 1. The number of aromatic nitrogens is 3. The molecule has 5 nitrogen and oxygen atoms in total. The maximum atomic E-state index is 11.7. The molecule has 3 N–H and O–H groups in total. The van der Waals surface area contributed by atoms with Gasteiger partial charge in [-0.05, 0) is 28.4 Å².